The van der Waals surface area contributed by atoms with Crippen LogP contribution in [0.4, 0.5) is 11.4 Å². The lowest BCUT2D eigenvalue weighted by molar-refractivity contribution is -0.150. The van der Waals surface area contributed by atoms with Gasteiger partial charge in [0.15, 0.2) is 0 Å². The molecule has 4 rings (SSSR count). The maximum atomic E-state index is 13.8. The van der Waals surface area contributed by atoms with Gasteiger partial charge in [0.1, 0.15) is 11.7 Å². The normalized spacial score (nSPS) is 23.8. The third-order valence-electron chi connectivity index (χ3n) is 7.27. The van der Waals surface area contributed by atoms with Crippen LogP contribution >= 0.6 is 0 Å². The zero-order valence-corrected chi connectivity index (χ0v) is 21.2. The molecule has 1 fully saturated rings. The standard InChI is InChI=1S/C28H32N4O4/c1-16-10-6-8-12-20(16)30-26(34)24-22(33)14-28(4,36)25(23(24)19-15-29-32(5)18(19)3)27(35)31-21-13-9-7-11-17(21)2/h6-13,15,23-25,36H,14H2,1-5H3,(H,30,34)(H,31,35)/t23-,24+,25+,28-/m0/s1. The van der Waals surface area contributed by atoms with Gasteiger partial charge >= 0.3 is 0 Å². The summed E-state index contributed by atoms with van der Waals surface area (Å²) in [5.74, 6) is -4.55. The van der Waals surface area contributed by atoms with Crippen molar-refractivity contribution >= 4 is 29.0 Å². The van der Waals surface area contributed by atoms with Gasteiger partial charge < -0.3 is 15.7 Å². The van der Waals surface area contributed by atoms with E-state index in [0.29, 0.717) is 22.6 Å². The Morgan fingerprint density at radius 3 is 2.00 bits per heavy atom. The van der Waals surface area contributed by atoms with Crippen molar-refractivity contribution in [3.8, 4) is 0 Å². The van der Waals surface area contributed by atoms with Crippen molar-refractivity contribution in [1.82, 2.24) is 9.78 Å². The molecule has 1 heterocycles. The maximum Gasteiger partial charge on any atom is 0.235 e. The average molecular weight is 489 g/mol. The molecule has 2 amide bonds. The highest BCUT2D eigenvalue weighted by Gasteiger charge is 2.56. The molecule has 1 aromatic heterocycles. The van der Waals surface area contributed by atoms with Crippen LogP contribution in [0.3, 0.4) is 0 Å². The van der Waals surface area contributed by atoms with Gasteiger partial charge in [0.25, 0.3) is 0 Å². The Labute approximate surface area is 210 Å². The van der Waals surface area contributed by atoms with E-state index >= 15 is 0 Å². The van der Waals surface area contributed by atoms with E-state index in [1.165, 1.54) is 6.92 Å². The molecule has 188 valence electrons. The molecule has 8 heteroatoms. The predicted molar refractivity (Wildman–Crippen MR) is 138 cm³/mol. The van der Waals surface area contributed by atoms with Crippen molar-refractivity contribution < 1.29 is 19.5 Å². The molecule has 0 bridgehead atoms. The summed E-state index contributed by atoms with van der Waals surface area (Å²) in [5, 5.41) is 21.6. The summed E-state index contributed by atoms with van der Waals surface area (Å²) in [6, 6.07) is 14.6. The van der Waals surface area contributed by atoms with Crippen LogP contribution in [0.25, 0.3) is 0 Å². The number of aryl methyl sites for hydroxylation is 3. The molecular formula is C28H32N4O4. The van der Waals surface area contributed by atoms with Crippen molar-refractivity contribution in [3.05, 3.63) is 77.1 Å². The van der Waals surface area contributed by atoms with Crippen LogP contribution < -0.4 is 10.6 Å². The van der Waals surface area contributed by atoms with Crippen LogP contribution in [0.5, 0.6) is 0 Å². The van der Waals surface area contributed by atoms with E-state index in [9.17, 15) is 19.5 Å². The number of carbonyl (C=O) groups excluding carboxylic acids is 3. The molecule has 1 aliphatic carbocycles. The first-order chi connectivity index (χ1) is 17.0. The Bertz CT molecular complexity index is 1330. The van der Waals surface area contributed by atoms with Crippen molar-refractivity contribution in [1.29, 1.82) is 0 Å². The second-order valence-corrected chi connectivity index (χ2v) is 9.90. The van der Waals surface area contributed by atoms with E-state index in [-0.39, 0.29) is 6.42 Å². The summed E-state index contributed by atoms with van der Waals surface area (Å²) in [6.45, 7) is 7.05. The van der Waals surface area contributed by atoms with Gasteiger partial charge in [-0.25, -0.2) is 0 Å². The van der Waals surface area contributed by atoms with Crippen LogP contribution in [-0.4, -0.2) is 38.1 Å². The Morgan fingerprint density at radius 1 is 0.972 bits per heavy atom. The molecule has 0 unspecified atom stereocenters. The fourth-order valence-electron chi connectivity index (χ4n) is 5.16. The molecule has 1 aliphatic rings. The van der Waals surface area contributed by atoms with Crippen molar-refractivity contribution in [3.63, 3.8) is 0 Å². The SMILES string of the molecule is Cc1ccccc1NC(=O)[C@@H]1C(=O)C[C@](C)(O)[C@@H](C(=O)Nc2ccccc2C)[C@H]1c1cnn(C)c1C. The number of amides is 2. The van der Waals surface area contributed by atoms with Gasteiger partial charge in [-0.15, -0.1) is 0 Å². The number of para-hydroxylation sites is 2. The summed E-state index contributed by atoms with van der Waals surface area (Å²) in [5.41, 5.74) is 2.54. The number of Topliss-reactive ketones (excluding diaryl/α,β-unsaturated/α-hetero) is 1. The van der Waals surface area contributed by atoms with E-state index in [1.54, 1.807) is 36.1 Å². The summed E-state index contributed by atoms with van der Waals surface area (Å²) in [4.78, 5) is 40.9. The first kappa shape index (κ1) is 25.3. The minimum Gasteiger partial charge on any atom is -0.389 e. The summed E-state index contributed by atoms with van der Waals surface area (Å²) >= 11 is 0. The Hall–Kier alpha value is -3.78. The van der Waals surface area contributed by atoms with Gasteiger partial charge in [0, 0.05) is 36.5 Å². The first-order valence-corrected chi connectivity index (χ1v) is 12.0. The number of nitrogens with zero attached hydrogens (tertiary/aromatic N) is 2. The summed E-state index contributed by atoms with van der Waals surface area (Å²) in [6.07, 6.45) is 1.26. The maximum absolute atomic E-state index is 13.8. The van der Waals surface area contributed by atoms with Gasteiger partial charge in [-0.1, -0.05) is 36.4 Å². The number of aliphatic hydroxyl groups is 1. The van der Waals surface area contributed by atoms with Gasteiger partial charge in [-0.3, -0.25) is 19.1 Å². The smallest absolute Gasteiger partial charge is 0.235 e. The molecule has 0 radical (unpaired) electrons. The highest BCUT2D eigenvalue weighted by Crippen LogP contribution is 2.47. The highest BCUT2D eigenvalue weighted by atomic mass is 16.3. The molecule has 0 spiro atoms. The van der Waals surface area contributed by atoms with E-state index in [4.69, 9.17) is 0 Å². The van der Waals surface area contributed by atoms with E-state index < -0.39 is 41.0 Å². The Kier molecular flexibility index (Phi) is 6.82. The summed E-state index contributed by atoms with van der Waals surface area (Å²) in [7, 11) is 1.76. The molecule has 0 aliphatic heterocycles. The van der Waals surface area contributed by atoms with Crippen molar-refractivity contribution in [2.45, 2.75) is 45.6 Å². The topological polar surface area (TPSA) is 113 Å². The van der Waals surface area contributed by atoms with Crippen molar-refractivity contribution in [2.75, 3.05) is 10.6 Å². The van der Waals surface area contributed by atoms with Crippen molar-refractivity contribution in [2.24, 2.45) is 18.9 Å². The number of nitrogens with one attached hydrogen (secondary N) is 2. The number of ketones is 1. The second kappa shape index (κ2) is 9.70. The Balaban J connectivity index is 1.80. The predicted octanol–water partition coefficient (Wildman–Crippen LogP) is 3.66. The largest absolute Gasteiger partial charge is 0.389 e. The molecule has 3 aromatic rings. The average Bonchev–Trinajstić information content (AvgIpc) is 3.13. The van der Waals surface area contributed by atoms with Crippen LogP contribution in [0.2, 0.25) is 0 Å². The monoisotopic (exact) mass is 488 g/mol. The lowest BCUT2D eigenvalue weighted by Crippen LogP contribution is -2.56. The Morgan fingerprint density at radius 2 is 1.50 bits per heavy atom. The molecular weight excluding hydrogens is 456 g/mol. The fourth-order valence-corrected chi connectivity index (χ4v) is 5.16. The number of hydrogen-bond acceptors (Lipinski definition) is 5. The fraction of sp³-hybridized carbons (Fsp3) is 0.357. The van der Waals surface area contributed by atoms with Crippen LogP contribution in [0.15, 0.2) is 54.7 Å². The molecule has 2 aromatic carbocycles. The molecule has 3 N–H and O–H groups in total. The van der Waals surface area contributed by atoms with Gasteiger partial charge in [0.2, 0.25) is 11.8 Å². The summed E-state index contributed by atoms with van der Waals surface area (Å²) < 4.78 is 1.63. The molecule has 36 heavy (non-hydrogen) atoms. The third-order valence-corrected chi connectivity index (χ3v) is 7.27. The van der Waals surface area contributed by atoms with Gasteiger partial charge in [-0.05, 0) is 56.5 Å². The number of rotatable bonds is 5. The molecule has 0 saturated heterocycles. The van der Waals surface area contributed by atoms with Gasteiger partial charge in [-0.2, -0.15) is 5.10 Å². The van der Waals surface area contributed by atoms with Crippen LogP contribution in [-0.2, 0) is 21.4 Å². The van der Waals surface area contributed by atoms with E-state index in [0.717, 1.165) is 11.1 Å². The molecule has 1 saturated carbocycles. The number of hydrogen-bond donors (Lipinski definition) is 3. The number of aromatic nitrogens is 2. The minimum atomic E-state index is -1.67. The zero-order valence-electron chi connectivity index (χ0n) is 21.2. The van der Waals surface area contributed by atoms with Gasteiger partial charge in [0.05, 0.1) is 17.7 Å². The van der Waals surface area contributed by atoms with E-state index in [2.05, 4.69) is 15.7 Å². The van der Waals surface area contributed by atoms with Crippen LogP contribution in [0.1, 0.15) is 41.6 Å². The van der Waals surface area contributed by atoms with E-state index in [1.807, 2.05) is 51.1 Å². The minimum absolute atomic E-state index is 0.319. The second-order valence-electron chi connectivity index (χ2n) is 9.90. The molecule has 8 nitrogen and oxygen atoms in total. The lowest BCUT2D eigenvalue weighted by Gasteiger charge is -2.44. The number of carbonyl (C=O) groups is 3. The quantitative estimate of drug-likeness (QED) is 0.475. The number of benzene rings is 2. The lowest BCUT2D eigenvalue weighted by atomic mass is 9.61. The van der Waals surface area contributed by atoms with Crippen LogP contribution in [0, 0.1) is 32.6 Å². The first-order valence-electron chi connectivity index (χ1n) is 12.0. The highest BCUT2D eigenvalue weighted by molar-refractivity contribution is 6.10. The third kappa shape index (κ3) is 4.68. The zero-order chi connectivity index (χ0) is 26.2. The number of anilines is 2. The molecule has 4 atom stereocenters.